The maximum atomic E-state index is 4.34. The second-order valence-corrected chi connectivity index (χ2v) is 3.89. The van der Waals surface area contributed by atoms with Crippen LogP contribution in [0.15, 0.2) is 39.8 Å². The van der Waals surface area contributed by atoms with Crippen LogP contribution in [0.1, 0.15) is 0 Å². The molecule has 0 spiro atoms. The summed E-state index contributed by atoms with van der Waals surface area (Å²) in [6, 6.07) is 7.90. The minimum atomic E-state index is 0.960. The van der Waals surface area contributed by atoms with Crippen molar-refractivity contribution >= 4 is 39.5 Å². The number of pyridine rings is 1. The predicted octanol–water partition coefficient (Wildman–Crippen LogP) is 3.29. The molecule has 3 heteroatoms. The Balaban J connectivity index is 2.88. The third kappa shape index (κ3) is 1.34. The molecule has 0 N–H and O–H groups in total. The first kappa shape index (κ1) is 8.08. The third-order valence-corrected chi connectivity index (χ3v) is 2.49. The van der Waals surface area contributed by atoms with Crippen molar-refractivity contribution in [3.05, 3.63) is 34.9 Å². The van der Waals surface area contributed by atoms with Gasteiger partial charge in [-0.2, -0.15) is 0 Å². The highest BCUT2D eigenvalue weighted by Crippen LogP contribution is 2.22. The van der Waals surface area contributed by atoms with E-state index in [1.54, 1.807) is 6.20 Å². The van der Waals surface area contributed by atoms with E-state index in [-0.39, 0.29) is 0 Å². The minimum absolute atomic E-state index is 0.960. The molecule has 12 heavy (non-hydrogen) atoms. The lowest BCUT2D eigenvalue weighted by Crippen LogP contribution is -1.79. The highest BCUT2D eigenvalue weighted by atomic mass is 79.9. The second kappa shape index (κ2) is 3.07. The van der Waals surface area contributed by atoms with Crippen molar-refractivity contribution in [2.75, 3.05) is 0 Å². The van der Waals surface area contributed by atoms with E-state index >= 15 is 0 Å². The Bertz CT molecular complexity index is 428. The van der Waals surface area contributed by atoms with Crippen molar-refractivity contribution in [3.63, 3.8) is 0 Å². The van der Waals surface area contributed by atoms with Crippen molar-refractivity contribution in [2.24, 2.45) is 0 Å². The van der Waals surface area contributed by atoms with Gasteiger partial charge in [0.05, 0.1) is 5.52 Å². The average Bonchev–Trinajstić information content (AvgIpc) is 2.07. The molecule has 0 atom stereocenters. The topological polar surface area (TPSA) is 12.9 Å². The van der Waals surface area contributed by atoms with Crippen LogP contribution in [0.25, 0.3) is 10.9 Å². The molecule has 60 valence electrons. The highest BCUT2D eigenvalue weighted by Gasteiger charge is 1.97. The summed E-state index contributed by atoms with van der Waals surface area (Å²) in [5, 5.41) is 1.08. The van der Waals surface area contributed by atoms with Gasteiger partial charge < -0.3 is 0 Å². The van der Waals surface area contributed by atoms with Crippen molar-refractivity contribution in [1.82, 2.24) is 4.98 Å². The van der Waals surface area contributed by atoms with E-state index < -0.39 is 0 Å². The Hall–Kier alpha value is -0.540. The largest absolute Gasteiger partial charge is 0.255 e. The quantitative estimate of drug-likeness (QED) is 0.697. The Labute approximate surface area is 84.4 Å². The molecule has 2 rings (SSSR count). The predicted molar refractivity (Wildman–Crippen MR) is 56.7 cm³/mol. The molecule has 1 nitrogen and oxygen atoms in total. The number of aromatic nitrogens is 1. The van der Waals surface area contributed by atoms with Crippen LogP contribution in [0.2, 0.25) is 0 Å². The maximum Gasteiger partial charge on any atom is 0.0713 e. The van der Waals surface area contributed by atoms with E-state index in [0.29, 0.717) is 0 Å². The maximum absolute atomic E-state index is 4.34. The van der Waals surface area contributed by atoms with E-state index in [1.807, 2.05) is 24.3 Å². The van der Waals surface area contributed by atoms with E-state index in [0.717, 1.165) is 20.3 Å². The van der Waals surface area contributed by atoms with E-state index in [2.05, 4.69) is 33.5 Å². The molecule has 0 unspecified atom stereocenters. The van der Waals surface area contributed by atoms with Crippen molar-refractivity contribution in [2.45, 2.75) is 4.90 Å². The molecule has 1 heterocycles. The number of rotatable bonds is 0. The fraction of sp³-hybridized carbons (Fsp3) is 0. The zero-order valence-electron chi connectivity index (χ0n) is 6.16. The molecule has 0 aliphatic heterocycles. The van der Waals surface area contributed by atoms with Gasteiger partial charge in [0.2, 0.25) is 0 Å². The summed E-state index contributed by atoms with van der Waals surface area (Å²) in [7, 11) is 0. The van der Waals surface area contributed by atoms with Crippen molar-refractivity contribution < 1.29 is 0 Å². The summed E-state index contributed by atoms with van der Waals surface area (Å²) in [5.41, 5.74) is 0.978. The third-order valence-electron chi connectivity index (χ3n) is 1.67. The monoisotopic (exact) mass is 239 g/mol. The summed E-state index contributed by atoms with van der Waals surface area (Å²) in [5.74, 6) is 0. The molecule has 0 amide bonds. The zero-order chi connectivity index (χ0) is 8.55. The summed E-state index contributed by atoms with van der Waals surface area (Å²) in [6.45, 7) is 0. The van der Waals surface area contributed by atoms with Crippen molar-refractivity contribution in [1.29, 1.82) is 0 Å². The second-order valence-electron chi connectivity index (χ2n) is 2.50. The number of fused-ring (bicyclic) bond motifs is 1. The highest BCUT2D eigenvalue weighted by molar-refractivity contribution is 9.10. The van der Waals surface area contributed by atoms with Gasteiger partial charge in [0.15, 0.2) is 0 Å². The van der Waals surface area contributed by atoms with Gasteiger partial charge in [-0.25, -0.2) is 0 Å². The van der Waals surface area contributed by atoms with Gasteiger partial charge in [0.1, 0.15) is 0 Å². The van der Waals surface area contributed by atoms with Gasteiger partial charge in [-0.05, 0) is 34.1 Å². The molecule has 1 aromatic heterocycles. The Morgan fingerprint density at radius 2 is 2.17 bits per heavy atom. The van der Waals surface area contributed by atoms with E-state index in [1.165, 1.54) is 0 Å². The number of benzene rings is 1. The first-order valence-corrected chi connectivity index (χ1v) is 4.74. The number of thiol groups is 1. The molecule has 0 saturated carbocycles. The summed E-state index contributed by atoms with van der Waals surface area (Å²) in [4.78, 5) is 5.21. The van der Waals surface area contributed by atoms with Gasteiger partial charge in [-0.1, -0.05) is 6.07 Å². The lowest BCUT2D eigenvalue weighted by molar-refractivity contribution is 1.37. The summed E-state index contributed by atoms with van der Waals surface area (Å²) < 4.78 is 0.983. The van der Waals surface area contributed by atoms with Crippen LogP contribution >= 0.6 is 28.6 Å². The Morgan fingerprint density at radius 3 is 3.00 bits per heavy atom. The van der Waals surface area contributed by atoms with Crippen LogP contribution in [0.4, 0.5) is 0 Å². The zero-order valence-corrected chi connectivity index (χ0v) is 8.64. The standard InChI is InChI=1S/C9H6BrNS/c10-6-4-7-8(11-5-6)2-1-3-9(7)12/h1-5,12H. The first-order valence-electron chi connectivity index (χ1n) is 3.50. The number of hydrogen-bond acceptors (Lipinski definition) is 2. The van der Waals surface area contributed by atoms with Gasteiger partial charge in [0.25, 0.3) is 0 Å². The SMILES string of the molecule is Sc1cccc2ncc(Br)cc12. The Morgan fingerprint density at radius 1 is 1.33 bits per heavy atom. The van der Waals surface area contributed by atoms with Gasteiger partial charge in [-0.15, -0.1) is 12.6 Å². The first-order chi connectivity index (χ1) is 5.77. The van der Waals surface area contributed by atoms with Gasteiger partial charge in [-0.3, -0.25) is 4.98 Å². The smallest absolute Gasteiger partial charge is 0.0713 e. The molecule has 0 bridgehead atoms. The summed E-state index contributed by atoms with van der Waals surface area (Å²) >= 11 is 7.71. The normalized spacial score (nSPS) is 10.5. The molecular formula is C9H6BrNS. The van der Waals surface area contributed by atoms with Crippen LogP contribution in [0.3, 0.4) is 0 Å². The van der Waals surface area contributed by atoms with E-state index in [4.69, 9.17) is 0 Å². The van der Waals surface area contributed by atoms with Gasteiger partial charge in [0, 0.05) is 21.0 Å². The van der Waals surface area contributed by atoms with Crippen LogP contribution in [-0.4, -0.2) is 4.98 Å². The van der Waals surface area contributed by atoms with Gasteiger partial charge >= 0.3 is 0 Å². The number of halogens is 1. The van der Waals surface area contributed by atoms with Crippen LogP contribution in [-0.2, 0) is 0 Å². The van der Waals surface area contributed by atoms with E-state index in [9.17, 15) is 0 Å². The molecule has 0 fully saturated rings. The minimum Gasteiger partial charge on any atom is -0.255 e. The average molecular weight is 240 g/mol. The molecule has 2 aromatic rings. The van der Waals surface area contributed by atoms with Crippen LogP contribution in [0.5, 0.6) is 0 Å². The lowest BCUT2D eigenvalue weighted by Gasteiger charge is -1.99. The van der Waals surface area contributed by atoms with Crippen LogP contribution in [0, 0.1) is 0 Å². The lowest BCUT2D eigenvalue weighted by atomic mass is 10.2. The molecule has 0 radical (unpaired) electrons. The molecule has 1 aromatic carbocycles. The summed E-state index contributed by atoms with van der Waals surface area (Å²) in [6.07, 6.45) is 1.79. The molecular weight excluding hydrogens is 234 g/mol. The van der Waals surface area contributed by atoms with Crippen molar-refractivity contribution in [3.8, 4) is 0 Å². The Kier molecular flexibility index (Phi) is 2.07. The molecule has 0 aliphatic carbocycles. The molecule has 0 aliphatic rings. The van der Waals surface area contributed by atoms with Crippen LogP contribution < -0.4 is 0 Å². The fourth-order valence-electron chi connectivity index (χ4n) is 1.11. The fourth-order valence-corrected chi connectivity index (χ4v) is 1.70. The number of hydrogen-bond donors (Lipinski definition) is 1. The number of nitrogens with zero attached hydrogens (tertiary/aromatic N) is 1. The molecule has 0 saturated heterocycles.